The summed E-state index contributed by atoms with van der Waals surface area (Å²) in [5.74, 6) is -0.261. The lowest BCUT2D eigenvalue weighted by molar-refractivity contribution is 0.0953. The molecular weight excluding hydrogens is 336 g/mol. The van der Waals surface area contributed by atoms with Crippen LogP contribution in [0.25, 0.3) is 0 Å². The first-order chi connectivity index (χ1) is 11.8. The van der Waals surface area contributed by atoms with Gasteiger partial charge in [0.05, 0.1) is 4.90 Å². The molecule has 1 amide bonds. The molecule has 0 saturated carbocycles. The SMILES string of the molecule is Cc1ccc(C(=O)NCCCc2ccccc2)cc1S(=O)(=O)N(C)C. The van der Waals surface area contributed by atoms with Crippen LogP contribution in [0.1, 0.15) is 27.9 Å². The predicted octanol–water partition coefficient (Wildman–Crippen LogP) is 2.61. The van der Waals surface area contributed by atoms with Crippen LogP contribution in [0.4, 0.5) is 0 Å². The van der Waals surface area contributed by atoms with E-state index in [0.29, 0.717) is 17.7 Å². The molecule has 2 aromatic carbocycles. The number of carbonyl (C=O) groups excluding carboxylic acids is 1. The van der Waals surface area contributed by atoms with E-state index in [1.54, 1.807) is 19.1 Å². The van der Waals surface area contributed by atoms with Gasteiger partial charge in [-0.2, -0.15) is 0 Å². The Morgan fingerprint density at radius 1 is 1.08 bits per heavy atom. The first kappa shape index (κ1) is 19.1. The highest BCUT2D eigenvalue weighted by Gasteiger charge is 2.21. The molecule has 0 atom stereocenters. The number of sulfonamides is 1. The fourth-order valence-electron chi connectivity index (χ4n) is 2.46. The van der Waals surface area contributed by atoms with Gasteiger partial charge in [0, 0.05) is 26.2 Å². The lowest BCUT2D eigenvalue weighted by Gasteiger charge is -2.14. The van der Waals surface area contributed by atoms with Gasteiger partial charge < -0.3 is 5.32 Å². The summed E-state index contributed by atoms with van der Waals surface area (Å²) in [6.45, 7) is 2.26. The van der Waals surface area contributed by atoms with E-state index in [-0.39, 0.29) is 10.8 Å². The molecule has 2 aromatic rings. The molecule has 0 spiro atoms. The number of nitrogens with zero attached hydrogens (tertiary/aromatic N) is 1. The molecule has 0 heterocycles. The zero-order valence-corrected chi connectivity index (χ0v) is 15.6. The van der Waals surface area contributed by atoms with E-state index in [2.05, 4.69) is 17.4 Å². The van der Waals surface area contributed by atoms with Crippen LogP contribution in [0, 0.1) is 6.92 Å². The van der Waals surface area contributed by atoms with Crippen LogP contribution in [-0.4, -0.2) is 39.3 Å². The fraction of sp³-hybridized carbons (Fsp3) is 0.316. The molecule has 0 saturated heterocycles. The zero-order valence-electron chi connectivity index (χ0n) is 14.8. The Morgan fingerprint density at radius 3 is 2.40 bits per heavy atom. The number of hydrogen-bond donors (Lipinski definition) is 1. The van der Waals surface area contributed by atoms with Crippen LogP contribution in [-0.2, 0) is 16.4 Å². The molecule has 0 aliphatic rings. The second-order valence-electron chi connectivity index (χ2n) is 6.11. The van der Waals surface area contributed by atoms with Crippen molar-refractivity contribution < 1.29 is 13.2 Å². The summed E-state index contributed by atoms with van der Waals surface area (Å²) >= 11 is 0. The molecule has 0 bridgehead atoms. The number of amides is 1. The van der Waals surface area contributed by atoms with E-state index in [9.17, 15) is 13.2 Å². The standard InChI is InChI=1S/C19H24N2O3S/c1-15-11-12-17(14-18(15)25(23,24)21(2)3)19(22)20-13-7-10-16-8-5-4-6-9-16/h4-6,8-9,11-12,14H,7,10,13H2,1-3H3,(H,20,22). The van der Waals surface area contributed by atoms with Crippen molar-refractivity contribution in [3.05, 3.63) is 65.2 Å². The molecule has 0 aliphatic heterocycles. The monoisotopic (exact) mass is 360 g/mol. The van der Waals surface area contributed by atoms with Gasteiger partial charge in [-0.3, -0.25) is 4.79 Å². The largest absolute Gasteiger partial charge is 0.352 e. The molecule has 0 aliphatic carbocycles. The Hall–Kier alpha value is -2.18. The summed E-state index contributed by atoms with van der Waals surface area (Å²) in [6.07, 6.45) is 1.71. The highest BCUT2D eigenvalue weighted by atomic mass is 32.2. The molecule has 6 heteroatoms. The maximum Gasteiger partial charge on any atom is 0.251 e. The van der Waals surface area contributed by atoms with Gasteiger partial charge in [-0.25, -0.2) is 12.7 Å². The van der Waals surface area contributed by atoms with E-state index < -0.39 is 10.0 Å². The minimum absolute atomic E-state index is 0.162. The summed E-state index contributed by atoms with van der Waals surface area (Å²) in [7, 11) is -0.617. The van der Waals surface area contributed by atoms with Crippen LogP contribution >= 0.6 is 0 Å². The van der Waals surface area contributed by atoms with Crippen LogP contribution < -0.4 is 5.32 Å². The molecule has 2 rings (SSSR count). The van der Waals surface area contributed by atoms with E-state index in [1.165, 1.54) is 25.7 Å². The highest BCUT2D eigenvalue weighted by molar-refractivity contribution is 7.89. The van der Waals surface area contributed by atoms with Gasteiger partial charge in [0.15, 0.2) is 0 Å². The molecular formula is C19H24N2O3S. The normalized spacial score (nSPS) is 11.5. The lowest BCUT2D eigenvalue weighted by Crippen LogP contribution is -2.26. The molecule has 0 unspecified atom stereocenters. The van der Waals surface area contributed by atoms with E-state index >= 15 is 0 Å². The van der Waals surface area contributed by atoms with Crippen molar-refractivity contribution in [3.63, 3.8) is 0 Å². The van der Waals surface area contributed by atoms with Crippen LogP contribution in [0.3, 0.4) is 0 Å². The predicted molar refractivity (Wildman–Crippen MR) is 99.1 cm³/mol. The van der Waals surface area contributed by atoms with Crippen molar-refractivity contribution in [2.45, 2.75) is 24.7 Å². The summed E-state index contributed by atoms with van der Waals surface area (Å²) in [4.78, 5) is 12.5. The number of benzene rings is 2. The summed E-state index contributed by atoms with van der Waals surface area (Å²) in [5.41, 5.74) is 2.20. The zero-order chi connectivity index (χ0) is 18.4. The minimum Gasteiger partial charge on any atom is -0.352 e. The van der Waals surface area contributed by atoms with E-state index in [0.717, 1.165) is 17.1 Å². The Kier molecular flexibility index (Phi) is 6.33. The number of hydrogen-bond acceptors (Lipinski definition) is 3. The fourth-order valence-corrected chi connectivity index (χ4v) is 3.60. The molecule has 134 valence electrons. The Labute approximate surface area is 149 Å². The van der Waals surface area contributed by atoms with Crippen LogP contribution in [0.15, 0.2) is 53.4 Å². The number of aryl methyl sites for hydroxylation is 2. The van der Waals surface area contributed by atoms with Crippen molar-refractivity contribution >= 4 is 15.9 Å². The van der Waals surface area contributed by atoms with Gasteiger partial charge in [-0.05, 0) is 43.0 Å². The second kappa shape index (κ2) is 8.27. The average Bonchev–Trinajstić information content (AvgIpc) is 2.59. The summed E-state index contributed by atoms with van der Waals surface area (Å²) in [5, 5.41) is 2.85. The summed E-state index contributed by atoms with van der Waals surface area (Å²) in [6, 6.07) is 14.8. The van der Waals surface area contributed by atoms with Crippen molar-refractivity contribution in [1.82, 2.24) is 9.62 Å². The molecule has 0 radical (unpaired) electrons. The number of nitrogens with one attached hydrogen (secondary N) is 1. The molecule has 0 aromatic heterocycles. The van der Waals surface area contributed by atoms with Gasteiger partial charge in [0.1, 0.15) is 0 Å². The Morgan fingerprint density at radius 2 is 1.76 bits per heavy atom. The van der Waals surface area contributed by atoms with Crippen molar-refractivity contribution in [1.29, 1.82) is 0 Å². The van der Waals surface area contributed by atoms with Gasteiger partial charge in [-0.15, -0.1) is 0 Å². The topological polar surface area (TPSA) is 66.5 Å². The maximum atomic E-state index is 12.3. The van der Waals surface area contributed by atoms with Crippen molar-refractivity contribution in [2.75, 3.05) is 20.6 Å². The first-order valence-corrected chi connectivity index (χ1v) is 9.61. The molecule has 1 N–H and O–H groups in total. The summed E-state index contributed by atoms with van der Waals surface area (Å²) < 4.78 is 25.8. The third kappa shape index (κ3) is 4.90. The molecule has 0 fully saturated rings. The first-order valence-electron chi connectivity index (χ1n) is 8.17. The maximum absolute atomic E-state index is 12.3. The number of carbonyl (C=O) groups is 1. The van der Waals surface area contributed by atoms with Crippen LogP contribution in [0.2, 0.25) is 0 Å². The van der Waals surface area contributed by atoms with Crippen molar-refractivity contribution in [3.8, 4) is 0 Å². The lowest BCUT2D eigenvalue weighted by atomic mass is 10.1. The highest BCUT2D eigenvalue weighted by Crippen LogP contribution is 2.19. The third-order valence-electron chi connectivity index (χ3n) is 3.98. The average molecular weight is 360 g/mol. The van der Waals surface area contributed by atoms with E-state index in [1.807, 2.05) is 18.2 Å². The third-order valence-corrected chi connectivity index (χ3v) is 5.94. The number of rotatable bonds is 7. The second-order valence-corrected chi connectivity index (χ2v) is 8.23. The molecule has 25 heavy (non-hydrogen) atoms. The smallest absolute Gasteiger partial charge is 0.251 e. The minimum atomic E-state index is -3.57. The van der Waals surface area contributed by atoms with Gasteiger partial charge in [-0.1, -0.05) is 36.4 Å². The van der Waals surface area contributed by atoms with Gasteiger partial charge in [0.25, 0.3) is 5.91 Å². The quantitative estimate of drug-likeness (QED) is 0.772. The Balaban J connectivity index is 2.00. The Bertz CT molecular complexity index is 831. The van der Waals surface area contributed by atoms with E-state index in [4.69, 9.17) is 0 Å². The van der Waals surface area contributed by atoms with Gasteiger partial charge in [0.2, 0.25) is 10.0 Å². The van der Waals surface area contributed by atoms with Gasteiger partial charge >= 0.3 is 0 Å². The van der Waals surface area contributed by atoms with Crippen molar-refractivity contribution in [2.24, 2.45) is 0 Å². The van der Waals surface area contributed by atoms with Crippen LogP contribution in [0.5, 0.6) is 0 Å². The molecule has 5 nitrogen and oxygen atoms in total.